The van der Waals surface area contributed by atoms with Crippen LogP contribution in [-0.4, -0.2) is 24.1 Å². The maximum Gasteiger partial charge on any atom is 0.267 e. The van der Waals surface area contributed by atoms with Crippen molar-refractivity contribution in [3.63, 3.8) is 0 Å². The number of aliphatic imine (C=N–C) groups is 1. The molecule has 2 aromatic heterocycles. The molecule has 0 bridgehead atoms. The number of aromatic nitrogens is 2. The van der Waals surface area contributed by atoms with E-state index in [2.05, 4.69) is 9.98 Å². The number of nitrogens with zero attached hydrogens (tertiary/aromatic N) is 2. The van der Waals surface area contributed by atoms with Crippen LogP contribution in [0.5, 0.6) is 0 Å². The molecular formula is C28H24F3N5O2S2. The summed E-state index contributed by atoms with van der Waals surface area (Å²) in [4.78, 5) is 11.8. The van der Waals surface area contributed by atoms with Crippen LogP contribution in [0.3, 0.4) is 0 Å². The Morgan fingerprint density at radius 3 is 2.50 bits per heavy atom. The second kappa shape index (κ2) is 11.1. The lowest BCUT2D eigenvalue weighted by Crippen LogP contribution is -2.17. The van der Waals surface area contributed by atoms with Gasteiger partial charge in [0.2, 0.25) is 0 Å². The van der Waals surface area contributed by atoms with Crippen molar-refractivity contribution >= 4 is 32.8 Å². The smallest absolute Gasteiger partial charge is 0.267 e. The molecule has 0 atom stereocenters. The van der Waals surface area contributed by atoms with E-state index >= 15 is 4.39 Å². The van der Waals surface area contributed by atoms with Gasteiger partial charge in [-0.3, -0.25) is 4.72 Å². The lowest BCUT2D eigenvalue weighted by molar-refractivity contribution is 0.521. The van der Waals surface area contributed by atoms with Crippen LogP contribution >= 0.6 is 11.3 Å². The molecule has 2 aromatic carbocycles. The number of anilines is 1. The Hall–Kier alpha value is -4.16. The summed E-state index contributed by atoms with van der Waals surface area (Å²) in [5.41, 5.74) is 7.88. The van der Waals surface area contributed by atoms with E-state index in [1.165, 1.54) is 23.5 Å². The van der Waals surface area contributed by atoms with Crippen molar-refractivity contribution in [2.45, 2.75) is 31.1 Å². The zero-order valence-corrected chi connectivity index (χ0v) is 22.8. The number of H-pyrrole nitrogens is 1. The summed E-state index contributed by atoms with van der Waals surface area (Å²) in [5, 5.41) is 0.551. The van der Waals surface area contributed by atoms with Crippen molar-refractivity contribution in [3.8, 4) is 22.0 Å². The Labute approximate surface area is 233 Å². The van der Waals surface area contributed by atoms with Gasteiger partial charge < -0.3 is 10.7 Å². The monoisotopic (exact) mass is 583 g/mol. The minimum absolute atomic E-state index is 0.0338. The molecule has 40 heavy (non-hydrogen) atoms. The van der Waals surface area contributed by atoms with E-state index in [4.69, 9.17) is 10.7 Å². The number of hydrogen-bond acceptors (Lipinski definition) is 6. The third-order valence-corrected chi connectivity index (χ3v) is 8.59. The first-order valence-corrected chi connectivity index (χ1v) is 14.6. The van der Waals surface area contributed by atoms with Gasteiger partial charge in [-0.2, -0.15) is 0 Å². The predicted molar refractivity (Wildman–Crippen MR) is 151 cm³/mol. The van der Waals surface area contributed by atoms with Gasteiger partial charge >= 0.3 is 0 Å². The van der Waals surface area contributed by atoms with Crippen LogP contribution in [0.15, 0.2) is 82.5 Å². The molecule has 0 saturated carbocycles. The van der Waals surface area contributed by atoms with E-state index < -0.39 is 38.1 Å². The third-order valence-electron chi connectivity index (χ3n) is 6.06. The quantitative estimate of drug-likeness (QED) is 0.236. The highest BCUT2D eigenvalue weighted by Gasteiger charge is 2.27. The molecule has 0 saturated heterocycles. The van der Waals surface area contributed by atoms with Gasteiger partial charge in [-0.15, -0.1) is 11.3 Å². The van der Waals surface area contributed by atoms with Gasteiger partial charge in [0.25, 0.3) is 10.0 Å². The Morgan fingerprint density at radius 1 is 1.02 bits per heavy atom. The Balaban J connectivity index is 1.65. The molecule has 0 amide bonds. The number of aryl methyl sites for hydroxylation is 1. The van der Waals surface area contributed by atoms with Crippen molar-refractivity contribution in [1.29, 1.82) is 0 Å². The second-order valence-electron chi connectivity index (χ2n) is 9.03. The number of allylic oxidation sites excluding steroid dienone is 3. The van der Waals surface area contributed by atoms with Crippen LogP contribution < -0.4 is 10.5 Å². The first-order valence-electron chi connectivity index (χ1n) is 12.3. The van der Waals surface area contributed by atoms with Gasteiger partial charge in [-0.25, -0.2) is 31.6 Å². The zero-order valence-electron chi connectivity index (χ0n) is 21.2. The standard InChI is InChI=1S/C28H24F3N5O2S2/c1-16-14-15-22(33-16)28-35-25(26(39-28)21-11-4-2-3-5-13-23(32)34-21)17-8-6-12-20(24(17)31)36-40(37,38)27-18(29)9-7-10-19(27)30/h4,6-15,33,36H,2-3,5,32H2,1H3/b11-4-,23-13+,34-21+. The van der Waals surface area contributed by atoms with Gasteiger partial charge in [0.15, 0.2) is 10.7 Å². The minimum Gasteiger partial charge on any atom is -0.384 e. The van der Waals surface area contributed by atoms with Crippen molar-refractivity contribution in [3.05, 3.63) is 101 Å². The van der Waals surface area contributed by atoms with E-state index in [1.54, 1.807) is 6.08 Å². The SMILES string of the molecule is Cc1ccc(-c2nc(-c3cccc(NS(=O)(=O)c4c(F)cccc4F)c3F)c(C3=N/C(N)=C/CCC/C=C\3)s2)[nH]1. The molecule has 0 unspecified atom stereocenters. The average Bonchev–Trinajstić information content (AvgIpc) is 3.54. The third kappa shape index (κ3) is 5.58. The van der Waals surface area contributed by atoms with Crippen LogP contribution in [0.1, 0.15) is 29.8 Å². The highest BCUT2D eigenvalue weighted by Crippen LogP contribution is 2.38. The van der Waals surface area contributed by atoms with Gasteiger partial charge in [0, 0.05) is 11.3 Å². The highest BCUT2D eigenvalue weighted by atomic mass is 32.2. The second-order valence-corrected chi connectivity index (χ2v) is 11.7. The van der Waals surface area contributed by atoms with E-state index in [-0.39, 0.29) is 11.3 Å². The highest BCUT2D eigenvalue weighted by molar-refractivity contribution is 7.92. The van der Waals surface area contributed by atoms with Crippen molar-refractivity contribution in [1.82, 2.24) is 9.97 Å². The fraction of sp³-hybridized carbons (Fsp3) is 0.143. The average molecular weight is 584 g/mol. The van der Waals surface area contributed by atoms with Crippen LogP contribution in [0, 0.1) is 24.4 Å². The van der Waals surface area contributed by atoms with Crippen LogP contribution in [-0.2, 0) is 10.0 Å². The lowest BCUT2D eigenvalue weighted by Gasteiger charge is -2.12. The van der Waals surface area contributed by atoms with Crippen LogP contribution in [0.25, 0.3) is 22.0 Å². The topological polar surface area (TPSA) is 113 Å². The van der Waals surface area contributed by atoms with E-state index in [0.29, 0.717) is 27.1 Å². The number of rotatable bonds is 6. The van der Waals surface area contributed by atoms with Crippen LogP contribution in [0.2, 0.25) is 0 Å². The zero-order chi connectivity index (χ0) is 28.4. The number of nitrogens with one attached hydrogen (secondary N) is 2. The Morgan fingerprint density at radius 2 is 1.77 bits per heavy atom. The van der Waals surface area contributed by atoms with E-state index in [9.17, 15) is 17.2 Å². The first kappa shape index (κ1) is 27.4. The Bertz CT molecular complexity index is 1770. The van der Waals surface area contributed by atoms with Crippen molar-refractivity contribution < 1.29 is 21.6 Å². The summed E-state index contributed by atoms with van der Waals surface area (Å²) >= 11 is 1.27. The molecule has 5 rings (SSSR count). The number of nitrogens with two attached hydrogens (primary N) is 1. The molecule has 0 radical (unpaired) electrons. The van der Waals surface area contributed by atoms with Gasteiger partial charge in [0.1, 0.15) is 22.5 Å². The van der Waals surface area contributed by atoms with Crippen LogP contribution in [0.4, 0.5) is 18.9 Å². The molecule has 4 aromatic rings. The summed E-state index contributed by atoms with van der Waals surface area (Å²) in [6.45, 7) is 1.89. The molecule has 0 aliphatic carbocycles. The number of aromatic amines is 1. The maximum absolute atomic E-state index is 16.0. The number of thiazole rings is 1. The molecule has 12 heteroatoms. The molecule has 1 aliphatic heterocycles. The summed E-state index contributed by atoms with van der Waals surface area (Å²) in [6, 6.07) is 10.4. The van der Waals surface area contributed by atoms with Crippen molar-refractivity contribution in [2.24, 2.45) is 10.7 Å². The molecule has 1 aliphatic rings. The molecule has 0 spiro atoms. The van der Waals surface area contributed by atoms with Gasteiger partial charge in [-0.05, 0) is 74.7 Å². The number of benzene rings is 2. The molecule has 4 N–H and O–H groups in total. The molecule has 3 heterocycles. The number of sulfonamides is 1. The first-order chi connectivity index (χ1) is 19.1. The summed E-state index contributed by atoms with van der Waals surface area (Å²) in [5.74, 6) is -3.26. The molecule has 7 nitrogen and oxygen atoms in total. The lowest BCUT2D eigenvalue weighted by atomic mass is 10.1. The van der Waals surface area contributed by atoms with Crippen molar-refractivity contribution in [2.75, 3.05) is 4.72 Å². The fourth-order valence-corrected chi connectivity index (χ4v) is 6.41. The van der Waals surface area contributed by atoms with Gasteiger partial charge in [-0.1, -0.05) is 18.2 Å². The Kier molecular flexibility index (Phi) is 7.63. The van der Waals surface area contributed by atoms with Gasteiger partial charge in [0.05, 0.1) is 27.7 Å². The largest absolute Gasteiger partial charge is 0.384 e. The fourth-order valence-electron chi connectivity index (χ4n) is 4.18. The number of hydrogen-bond donors (Lipinski definition) is 3. The predicted octanol–water partition coefficient (Wildman–Crippen LogP) is 6.66. The van der Waals surface area contributed by atoms with E-state index in [1.807, 2.05) is 35.9 Å². The minimum atomic E-state index is -4.80. The molecule has 0 fully saturated rings. The number of halogens is 3. The van der Waals surface area contributed by atoms with E-state index in [0.717, 1.165) is 49.2 Å². The summed E-state index contributed by atoms with van der Waals surface area (Å²) in [6.07, 6.45) is 8.02. The maximum atomic E-state index is 16.0. The molecular weight excluding hydrogens is 559 g/mol. The molecule has 206 valence electrons. The summed E-state index contributed by atoms with van der Waals surface area (Å²) in [7, 11) is -4.80. The summed E-state index contributed by atoms with van der Waals surface area (Å²) < 4.78 is 72.2. The normalized spacial score (nSPS) is 17.6.